The summed E-state index contributed by atoms with van der Waals surface area (Å²) in [5, 5.41) is 0. The van der Waals surface area contributed by atoms with E-state index < -0.39 is 0 Å². The molecule has 0 spiro atoms. The van der Waals surface area contributed by atoms with E-state index in [9.17, 15) is 0 Å². The lowest BCUT2D eigenvalue weighted by molar-refractivity contribution is 1.46. The Hall–Kier alpha value is 0.130. The molecule has 0 unspecified atom stereocenters. The minimum Gasteiger partial charge on any atom is -0.0962 e. The van der Waals surface area contributed by atoms with Crippen molar-refractivity contribution in [2.24, 2.45) is 0 Å². The minimum atomic E-state index is 0.597. The SMILES string of the molecule is [B]CC[B]. The fraction of sp³-hybridized carbons (Fsp3) is 1.00. The smallest absolute Gasteiger partial charge is 0.0643 e. The second kappa shape index (κ2) is 3.13. The van der Waals surface area contributed by atoms with E-state index in [-0.39, 0.29) is 0 Å². The molecule has 0 aromatic rings. The Morgan fingerprint density at radius 1 is 1.00 bits per heavy atom. The predicted octanol–water partition coefficient (Wildman–Crippen LogP) is 0.160. The molecule has 18 valence electrons. The first-order valence-electron chi connectivity index (χ1n) is 1.32. The van der Waals surface area contributed by atoms with Crippen LogP contribution in [0.3, 0.4) is 0 Å². The van der Waals surface area contributed by atoms with Gasteiger partial charge >= 0.3 is 0 Å². The van der Waals surface area contributed by atoms with Crippen LogP contribution in [-0.4, -0.2) is 15.7 Å². The largest absolute Gasteiger partial charge is 0.0962 e. The third-order valence-corrected chi connectivity index (χ3v) is 0.167. The lowest BCUT2D eigenvalue weighted by atomic mass is 9.91. The Morgan fingerprint density at radius 3 is 1.25 bits per heavy atom. The van der Waals surface area contributed by atoms with Gasteiger partial charge in [-0.3, -0.25) is 0 Å². The summed E-state index contributed by atoms with van der Waals surface area (Å²) in [4.78, 5) is 0. The van der Waals surface area contributed by atoms with E-state index in [1.54, 1.807) is 0 Å². The van der Waals surface area contributed by atoms with Crippen LogP contribution >= 0.6 is 0 Å². The van der Waals surface area contributed by atoms with Crippen LogP contribution in [0.2, 0.25) is 12.6 Å². The normalized spacial score (nSPS) is 7.00. The molecule has 0 aromatic heterocycles. The molecule has 0 bridgehead atoms. The Labute approximate surface area is 29.4 Å². The maximum absolute atomic E-state index is 4.90. The second-order valence-electron chi connectivity index (χ2n) is 0.577. The predicted molar refractivity (Wildman–Crippen MR) is 21.1 cm³/mol. The summed E-state index contributed by atoms with van der Waals surface area (Å²) in [7, 11) is 9.81. The summed E-state index contributed by atoms with van der Waals surface area (Å²) in [6.45, 7) is 0. The van der Waals surface area contributed by atoms with E-state index in [4.69, 9.17) is 15.7 Å². The fourth-order valence-corrected chi connectivity index (χ4v) is 0. The highest BCUT2D eigenvalue weighted by Crippen LogP contribution is 1.70. The van der Waals surface area contributed by atoms with E-state index in [1.165, 1.54) is 0 Å². The molecule has 0 aliphatic rings. The first-order chi connectivity index (χ1) is 1.91. The summed E-state index contributed by atoms with van der Waals surface area (Å²) >= 11 is 0. The van der Waals surface area contributed by atoms with Crippen LogP contribution in [0.5, 0.6) is 0 Å². The molecule has 0 aliphatic heterocycles. The van der Waals surface area contributed by atoms with Crippen LogP contribution in [0.4, 0.5) is 0 Å². The van der Waals surface area contributed by atoms with Gasteiger partial charge in [-0.2, -0.15) is 0 Å². The molecule has 0 aromatic carbocycles. The third kappa shape index (κ3) is 2.13. The quantitative estimate of drug-likeness (QED) is 0.371. The zero-order valence-corrected chi connectivity index (χ0v) is 2.57. The molecule has 0 heterocycles. The molecule has 2 heteroatoms. The van der Waals surface area contributed by atoms with Crippen LogP contribution in [0.25, 0.3) is 0 Å². The van der Waals surface area contributed by atoms with Crippen molar-refractivity contribution < 1.29 is 0 Å². The molecule has 0 saturated carbocycles. The second-order valence-corrected chi connectivity index (χ2v) is 0.577. The molecule has 0 nitrogen and oxygen atoms in total. The van der Waals surface area contributed by atoms with Crippen molar-refractivity contribution in [1.82, 2.24) is 0 Å². The highest BCUT2D eigenvalue weighted by molar-refractivity contribution is 6.16. The Bertz CT molecular complexity index is 6.00. The first-order valence-corrected chi connectivity index (χ1v) is 1.32. The fourth-order valence-electron chi connectivity index (χ4n) is 0. The van der Waals surface area contributed by atoms with Gasteiger partial charge in [0.1, 0.15) is 0 Å². The Kier molecular flexibility index (Phi) is 3.23. The number of rotatable bonds is 1. The summed E-state index contributed by atoms with van der Waals surface area (Å²) in [6, 6.07) is 0. The van der Waals surface area contributed by atoms with Crippen molar-refractivity contribution >= 4 is 15.7 Å². The average molecular weight is 49.7 g/mol. The third-order valence-electron chi connectivity index (χ3n) is 0.167. The molecule has 0 aliphatic carbocycles. The highest BCUT2D eigenvalue weighted by Gasteiger charge is 1.57. The van der Waals surface area contributed by atoms with E-state index in [0.717, 1.165) is 0 Å². The van der Waals surface area contributed by atoms with E-state index in [0.29, 0.717) is 12.6 Å². The molecule has 0 saturated heterocycles. The molecule has 4 radical (unpaired) electrons. The van der Waals surface area contributed by atoms with E-state index in [2.05, 4.69) is 0 Å². The summed E-state index contributed by atoms with van der Waals surface area (Å²) < 4.78 is 0. The van der Waals surface area contributed by atoms with Gasteiger partial charge in [-0.1, -0.05) is 12.6 Å². The van der Waals surface area contributed by atoms with Crippen LogP contribution in [-0.2, 0) is 0 Å². The van der Waals surface area contributed by atoms with Crippen LogP contribution < -0.4 is 0 Å². The number of hydrogen-bond donors (Lipinski definition) is 0. The topological polar surface area (TPSA) is 0 Å². The molecule has 4 heavy (non-hydrogen) atoms. The lowest BCUT2D eigenvalue weighted by Gasteiger charge is -1.67. The van der Waals surface area contributed by atoms with Crippen molar-refractivity contribution in [3.05, 3.63) is 0 Å². The van der Waals surface area contributed by atoms with Gasteiger partial charge in [-0.25, -0.2) is 0 Å². The van der Waals surface area contributed by atoms with Crippen LogP contribution in [0, 0.1) is 0 Å². The van der Waals surface area contributed by atoms with Crippen LogP contribution in [0.15, 0.2) is 0 Å². The molecule has 0 rings (SSSR count). The zero-order chi connectivity index (χ0) is 3.41. The lowest BCUT2D eigenvalue weighted by Crippen LogP contribution is -1.60. The summed E-state index contributed by atoms with van der Waals surface area (Å²) in [6.07, 6.45) is 1.19. The van der Waals surface area contributed by atoms with Crippen molar-refractivity contribution in [2.45, 2.75) is 12.6 Å². The number of hydrogen-bond acceptors (Lipinski definition) is 0. The Balaban J connectivity index is 1.97. The molecule has 0 fully saturated rings. The monoisotopic (exact) mass is 50.0 g/mol. The van der Waals surface area contributed by atoms with Gasteiger partial charge in [0.15, 0.2) is 0 Å². The maximum Gasteiger partial charge on any atom is 0.0643 e. The average Bonchev–Trinajstić information content (AvgIpc) is 1.37. The van der Waals surface area contributed by atoms with Gasteiger partial charge < -0.3 is 0 Å². The van der Waals surface area contributed by atoms with Crippen molar-refractivity contribution in [1.29, 1.82) is 0 Å². The van der Waals surface area contributed by atoms with Crippen molar-refractivity contribution in [2.75, 3.05) is 0 Å². The highest BCUT2D eigenvalue weighted by atomic mass is 13.4. The zero-order valence-electron chi connectivity index (χ0n) is 2.57. The summed E-state index contributed by atoms with van der Waals surface area (Å²) in [5.74, 6) is 0. The Morgan fingerprint density at radius 2 is 1.25 bits per heavy atom. The van der Waals surface area contributed by atoms with Gasteiger partial charge in [-0.05, 0) is 0 Å². The van der Waals surface area contributed by atoms with Crippen LogP contribution in [0.1, 0.15) is 0 Å². The van der Waals surface area contributed by atoms with Gasteiger partial charge in [0, 0.05) is 0 Å². The van der Waals surface area contributed by atoms with E-state index in [1.807, 2.05) is 0 Å². The van der Waals surface area contributed by atoms with Crippen molar-refractivity contribution in [3.63, 3.8) is 0 Å². The summed E-state index contributed by atoms with van der Waals surface area (Å²) in [5.41, 5.74) is 0. The minimum absolute atomic E-state index is 0.597. The van der Waals surface area contributed by atoms with Gasteiger partial charge in [0.2, 0.25) is 0 Å². The molecule has 0 N–H and O–H groups in total. The molecular weight excluding hydrogens is 45.6 g/mol. The molecular formula is C2H4B2. The first kappa shape index (κ1) is 4.13. The molecule has 0 atom stereocenters. The van der Waals surface area contributed by atoms with E-state index >= 15 is 0 Å². The van der Waals surface area contributed by atoms with Gasteiger partial charge in [0.05, 0.1) is 15.7 Å². The van der Waals surface area contributed by atoms with Gasteiger partial charge in [0.25, 0.3) is 0 Å². The van der Waals surface area contributed by atoms with Gasteiger partial charge in [-0.15, -0.1) is 0 Å². The standard InChI is InChI=1S/C2H4B2/c3-1-2-4/h1-2H2. The maximum atomic E-state index is 4.90. The van der Waals surface area contributed by atoms with Crippen molar-refractivity contribution in [3.8, 4) is 0 Å². The molecule has 0 amide bonds.